The Morgan fingerprint density at radius 3 is 2.32 bits per heavy atom. The molecule has 3 aromatic rings. The lowest BCUT2D eigenvalue weighted by molar-refractivity contribution is 0.640. The molecule has 2 aromatic heterocycles. The first kappa shape index (κ1) is 13.0. The van der Waals surface area contributed by atoms with Crippen LogP contribution in [0.2, 0.25) is 0 Å². The van der Waals surface area contributed by atoms with E-state index in [9.17, 15) is 0 Å². The fraction of sp³-hybridized carbons (Fsp3) is 0.235. The van der Waals surface area contributed by atoms with Crippen LogP contribution in [0.15, 0.2) is 55.1 Å². The van der Waals surface area contributed by atoms with Crippen LogP contribution in [0.5, 0.6) is 0 Å². The van der Waals surface area contributed by atoms with Crippen LogP contribution in [0.3, 0.4) is 0 Å². The third-order valence-electron chi connectivity index (χ3n) is 4.10. The number of hydrogen-bond donors (Lipinski definition) is 0. The van der Waals surface area contributed by atoms with Crippen molar-refractivity contribution in [3.8, 4) is 0 Å². The van der Waals surface area contributed by atoms with E-state index in [-0.39, 0.29) is 0 Å². The summed E-state index contributed by atoms with van der Waals surface area (Å²) in [5.41, 5.74) is 1.21. The summed E-state index contributed by atoms with van der Waals surface area (Å²) in [5, 5.41) is 2.45. The summed E-state index contributed by atoms with van der Waals surface area (Å²) in [4.78, 5) is 17.7. The number of fused-ring (bicyclic) bond motifs is 1. The van der Waals surface area contributed by atoms with Gasteiger partial charge in [-0.05, 0) is 6.07 Å². The van der Waals surface area contributed by atoms with Crippen molar-refractivity contribution >= 4 is 22.4 Å². The van der Waals surface area contributed by atoms with Gasteiger partial charge in [-0.2, -0.15) is 0 Å². The standard InChI is InChI=1S/C17H17N5/c1-2-5-15-14(4-1)12-18-13-16(15)21-8-10-22(11-9-21)17-19-6-3-7-20-17/h1-7,12-13H,8-11H2. The van der Waals surface area contributed by atoms with Gasteiger partial charge in [0.2, 0.25) is 5.95 Å². The molecule has 1 fully saturated rings. The lowest BCUT2D eigenvalue weighted by Crippen LogP contribution is -2.47. The van der Waals surface area contributed by atoms with Gasteiger partial charge in [0.1, 0.15) is 0 Å². The molecule has 3 heterocycles. The molecular formula is C17H17N5. The summed E-state index contributed by atoms with van der Waals surface area (Å²) in [6.45, 7) is 3.75. The maximum Gasteiger partial charge on any atom is 0.225 e. The van der Waals surface area contributed by atoms with Crippen LogP contribution in [-0.4, -0.2) is 41.1 Å². The van der Waals surface area contributed by atoms with Crippen LogP contribution in [0.1, 0.15) is 0 Å². The van der Waals surface area contributed by atoms with E-state index < -0.39 is 0 Å². The summed E-state index contributed by atoms with van der Waals surface area (Å²) in [5.74, 6) is 0.818. The zero-order chi connectivity index (χ0) is 14.8. The number of anilines is 2. The fourth-order valence-corrected chi connectivity index (χ4v) is 2.95. The molecule has 1 aliphatic rings. The van der Waals surface area contributed by atoms with E-state index in [1.165, 1.54) is 16.5 Å². The van der Waals surface area contributed by atoms with Crippen molar-refractivity contribution in [3.05, 3.63) is 55.1 Å². The van der Waals surface area contributed by atoms with E-state index >= 15 is 0 Å². The van der Waals surface area contributed by atoms with Gasteiger partial charge >= 0.3 is 0 Å². The largest absolute Gasteiger partial charge is 0.366 e. The third kappa shape index (κ3) is 2.35. The minimum absolute atomic E-state index is 0.818. The van der Waals surface area contributed by atoms with Crippen LogP contribution in [0.4, 0.5) is 11.6 Å². The van der Waals surface area contributed by atoms with Crippen LogP contribution in [-0.2, 0) is 0 Å². The number of benzene rings is 1. The molecule has 0 atom stereocenters. The molecule has 5 nitrogen and oxygen atoms in total. The zero-order valence-electron chi connectivity index (χ0n) is 12.3. The first-order valence-electron chi connectivity index (χ1n) is 7.51. The van der Waals surface area contributed by atoms with Gasteiger partial charge in [-0.1, -0.05) is 24.3 Å². The highest BCUT2D eigenvalue weighted by Crippen LogP contribution is 2.26. The molecule has 4 rings (SSSR count). The molecule has 0 bridgehead atoms. The van der Waals surface area contributed by atoms with Crippen molar-refractivity contribution in [1.82, 2.24) is 15.0 Å². The molecule has 0 N–H and O–H groups in total. The van der Waals surface area contributed by atoms with Crippen LogP contribution >= 0.6 is 0 Å². The number of aromatic nitrogens is 3. The minimum atomic E-state index is 0.818. The molecule has 22 heavy (non-hydrogen) atoms. The molecule has 0 amide bonds. The number of nitrogens with zero attached hydrogens (tertiary/aromatic N) is 5. The maximum atomic E-state index is 4.39. The van der Waals surface area contributed by atoms with Crippen molar-refractivity contribution in [2.75, 3.05) is 36.0 Å². The Morgan fingerprint density at radius 2 is 1.50 bits per heavy atom. The van der Waals surface area contributed by atoms with E-state index in [2.05, 4.69) is 49.0 Å². The summed E-state index contributed by atoms with van der Waals surface area (Å²) in [6, 6.07) is 10.3. The second kappa shape index (κ2) is 5.60. The van der Waals surface area contributed by atoms with Gasteiger partial charge < -0.3 is 9.80 Å². The fourth-order valence-electron chi connectivity index (χ4n) is 2.95. The van der Waals surface area contributed by atoms with Crippen LogP contribution < -0.4 is 9.80 Å². The molecule has 5 heteroatoms. The molecule has 110 valence electrons. The van der Waals surface area contributed by atoms with Gasteiger partial charge in [-0.15, -0.1) is 0 Å². The highest BCUT2D eigenvalue weighted by Gasteiger charge is 2.20. The van der Waals surface area contributed by atoms with Crippen molar-refractivity contribution in [3.63, 3.8) is 0 Å². The van der Waals surface area contributed by atoms with E-state index in [0.717, 1.165) is 32.1 Å². The normalized spacial score (nSPS) is 15.3. The Labute approximate surface area is 129 Å². The highest BCUT2D eigenvalue weighted by atomic mass is 15.3. The van der Waals surface area contributed by atoms with Crippen LogP contribution in [0.25, 0.3) is 10.8 Å². The van der Waals surface area contributed by atoms with E-state index in [4.69, 9.17) is 0 Å². The third-order valence-corrected chi connectivity index (χ3v) is 4.10. The molecule has 0 aliphatic carbocycles. The van der Waals surface area contributed by atoms with E-state index in [0.29, 0.717) is 0 Å². The Hall–Kier alpha value is -2.69. The Morgan fingerprint density at radius 1 is 0.773 bits per heavy atom. The van der Waals surface area contributed by atoms with E-state index in [1.807, 2.05) is 18.5 Å². The summed E-state index contributed by atoms with van der Waals surface area (Å²) >= 11 is 0. The van der Waals surface area contributed by atoms with Crippen molar-refractivity contribution < 1.29 is 0 Å². The first-order chi connectivity index (χ1) is 10.9. The van der Waals surface area contributed by atoms with E-state index in [1.54, 1.807) is 12.4 Å². The van der Waals surface area contributed by atoms with Crippen molar-refractivity contribution in [2.24, 2.45) is 0 Å². The first-order valence-corrected chi connectivity index (χ1v) is 7.51. The number of pyridine rings is 1. The second-order valence-corrected chi connectivity index (χ2v) is 5.40. The molecule has 1 aliphatic heterocycles. The Kier molecular flexibility index (Phi) is 3.31. The van der Waals surface area contributed by atoms with Gasteiger partial charge in [0.05, 0.1) is 11.9 Å². The molecule has 0 saturated carbocycles. The molecular weight excluding hydrogens is 274 g/mol. The molecule has 0 spiro atoms. The van der Waals surface area contributed by atoms with Gasteiger partial charge in [-0.3, -0.25) is 4.98 Å². The molecule has 0 radical (unpaired) electrons. The summed E-state index contributed by atoms with van der Waals surface area (Å²) in [6.07, 6.45) is 7.48. The summed E-state index contributed by atoms with van der Waals surface area (Å²) in [7, 11) is 0. The Bertz CT molecular complexity index is 761. The average molecular weight is 291 g/mol. The number of hydrogen-bond acceptors (Lipinski definition) is 5. The number of rotatable bonds is 2. The summed E-state index contributed by atoms with van der Waals surface area (Å²) < 4.78 is 0. The Balaban J connectivity index is 1.56. The smallest absolute Gasteiger partial charge is 0.225 e. The quantitative estimate of drug-likeness (QED) is 0.725. The highest BCUT2D eigenvalue weighted by molar-refractivity contribution is 5.93. The zero-order valence-corrected chi connectivity index (χ0v) is 12.3. The molecule has 1 aromatic carbocycles. The topological polar surface area (TPSA) is 45.2 Å². The van der Waals surface area contributed by atoms with Gasteiger partial charge in [-0.25, -0.2) is 9.97 Å². The van der Waals surface area contributed by atoms with Gasteiger partial charge in [0, 0.05) is 55.5 Å². The predicted octanol–water partition coefficient (Wildman–Crippen LogP) is 2.35. The lowest BCUT2D eigenvalue weighted by Gasteiger charge is -2.36. The van der Waals surface area contributed by atoms with Crippen LogP contribution in [0, 0.1) is 0 Å². The van der Waals surface area contributed by atoms with Gasteiger partial charge in [0.15, 0.2) is 0 Å². The molecule has 1 saturated heterocycles. The average Bonchev–Trinajstić information content (AvgIpc) is 2.62. The second-order valence-electron chi connectivity index (χ2n) is 5.40. The maximum absolute atomic E-state index is 4.39. The van der Waals surface area contributed by atoms with Crippen molar-refractivity contribution in [1.29, 1.82) is 0 Å². The van der Waals surface area contributed by atoms with Crippen molar-refractivity contribution in [2.45, 2.75) is 0 Å². The SMILES string of the molecule is c1cnc(N2CCN(c3cncc4ccccc34)CC2)nc1. The van der Waals surface area contributed by atoms with Gasteiger partial charge in [0.25, 0.3) is 0 Å². The lowest BCUT2D eigenvalue weighted by atomic mass is 10.1. The molecule has 0 unspecified atom stereocenters. The monoisotopic (exact) mass is 291 g/mol. The minimum Gasteiger partial charge on any atom is -0.366 e. The number of piperazine rings is 1. The predicted molar refractivity (Wildman–Crippen MR) is 88.2 cm³/mol.